The Balaban J connectivity index is 1.52. The lowest BCUT2D eigenvalue weighted by Crippen LogP contribution is -2.36. The SMILES string of the molecule is OCc1ccnc(N2CCC[C@H](c3nccn3Cc3cscn3)C2)c1. The first-order chi connectivity index (χ1) is 12.3. The van der Waals surface area contributed by atoms with Crippen LogP contribution in [0, 0.1) is 0 Å². The molecule has 1 aliphatic heterocycles. The van der Waals surface area contributed by atoms with Crippen molar-refractivity contribution in [2.75, 3.05) is 18.0 Å². The molecule has 1 aliphatic rings. The summed E-state index contributed by atoms with van der Waals surface area (Å²) in [5.41, 5.74) is 3.85. The highest BCUT2D eigenvalue weighted by Crippen LogP contribution is 2.29. The van der Waals surface area contributed by atoms with Gasteiger partial charge in [-0.3, -0.25) is 0 Å². The van der Waals surface area contributed by atoms with Gasteiger partial charge in [0, 0.05) is 43.0 Å². The van der Waals surface area contributed by atoms with E-state index in [2.05, 4.69) is 29.8 Å². The monoisotopic (exact) mass is 355 g/mol. The molecule has 130 valence electrons. The standard InChI is InChI=1S/C18H21N5OS/c24-11-14-3-4-19-17(8-14)22-6-1-2-15(9-22)18-20-5-7-23(18)10-16-12-25-13-21-16/h3-5,7-8,12-13,15,24H,1-2,6,9-11H2/t15-/m0/s1. The molecule has 3 aromatic heterocycles. The first kappa shape index (κ1) is 16.2. The zero-order valence-electron chi connectivity index (χ0n) is 14.0. The number of aromatic nitrogens is 4. The molecule has 4 rings (SSSR count). The molecule has 0 aromatic carbocycles. The number of hydrogen-bond donors (Lipinski definition) is 1. The molecular weight excluding hydrogens is 334 g/mol. The minimum atomic E-state index is 0.0465. The fourth-order valence-electron chi connectivity index (χ4n) is 3.43. The molecule has 25 heavy (non-hydrogen) atoms. The van der Waals surface area contributed by atoms with Gasteiger partial charge in [-0.05, 0) is 30.5 Å². The average Bonchev–Trinajstić information content (AvgIpc) is 3.34. The molecule has 0 saturated carbocycles. The van der Waals surface area contributed by atoms with E-state index in [1.165, 1.54) is 0 Å². The second kappa shape index (κ2) is 7.33. The molecular formula is C18H21N5OS. The topological polar surface area (TPSA) is 67.1 Å². The molecule has 0 bridgehead atoms. The summed E-state index contributed by atoms with van der Waals surface area (Å²) in [6.07, 6.45) is 7.93. The summed E-state index contributed by atoms with van der Waals surface area (Å²) in [4.78, 5) is 15.8. The van der Waals surface area contributed by atoms with E-state index in [-0.39, 0.29) is 6.61 Å². The first-order valence-corrected chi connectivity index (χ1v) is 9.46. The second-order valence-corrected chi connectivity index (χ2v) is 7.08. The Morgan fingerprint density at radius 3 is 3.04 bits per heavy atom. The number of pyridine rings is 1. The van der Waals surface area contributed by atoms with Crippen LogP contribution >= 0.6 is 11.3 Å². The molecule has 0 radical (unpaired) electrons. The lowest BCUT2D eigenvalue weighted by Gasteiger charge is -2.33. The van der Waals surface area contributed by atoms with Gasteiger partial charge in [0.25, 0.3) is 0 Å². The molecule has 1 fully saturated rings. The first-order valence-electron chi connectivity index (χ1n) is 8.52. The van der Waals surface area contributed by atoms with Crippen molar-refractivity contribution < 1.29 is 5.11 Å². The maximum absolute atomic E-state index is 9.36. The quantitative estimate of drug-likeness (QED) is 0.762. The molecule has 1 atom stereocenters. The third-order valence-electron chi connectivity index (χ3n) is 4.67. The molecule has 0 amide bonds. The van der Waals surface area contributed by atoms with Gasteiger partial charge in [0.2, 0.25) is 0 Å². The fraction of sp³-hybridized carbons (Fsp3) is 0.389. The molecule has 0 spiro atoms. The van der Waals surface area contributed by atoms with E-state index in [1.807, 2.05) is 30.0 Å². The maximum atomic E-state index is 9.36. The van der Waals surface area contributed by atoms with Crippen molar-refractivity contribution in [1.82, 2.24) is 19.5 Å². The second-order valence-electron chi connectivity index (χ2n) is 6.36. The van der Waals surface area contributed by atoms with Crippen LogP contribution in [0.3, 0.4) is 0 Å². The van der Waals surface area contributed by atoms with E-state index in [1.54, 1.807) is 17.5 Å². The molecule has 0 unspecified atom stereocenters. The van der Waals surface area contributed by atoms with Crippen molar-refractivity contribution in [1.29, 1.82) is 0 Å². The van der Waals surface area contributed by atoms with Crippen molar-refractivity contribution in [3.8, 4) is 0 Å². The lowest BCUT2D eigenvalue weighted by molar-refractivity contribution is 0.281. The molecule has 1 saturated heterocycles. The van der Waals surface area contributed by atoms with Gasteiger partial charge in [-0.25, -0.2) is 15.0 Å². The summed E-state index contributed by atoms with van der Waals surface area (Å²) < 4.78 is 2.21. The van der Waals surface area contributed by atoms with E-state index < -0.39 is 0 Å². The third kappa shape index (κ3) is 3.57. The predicted molar refractivity (Wildman–Crippen MR) is 97.8 cm³/mol. The number of piperidine rings is 1. The van der Waals surface area contributed by atoms with Crippen LogP contribution in [0.4, 0.5) is 5.82 Å². The minimum absolute atomic E-state index is 0.0465. The molecule has 6 nitrogen and oxygen atoms in total. The number of hydrogen-bond acceptors (Lipinski definition) is 6. The van der Waals surface area contributed by atoms with Crippen LogP contribution in [0.25, 0.3) is 0 Å². The van der Waals surface area contributed by atoms with E-state index in [4.69, 9.17) is 0 Å². The highest BCUT2D eigenvalue weighted by molar-refractivity contribution is 7.07. The largest absolute Gasteiger partial charge is 0.392 e. The number of rotatable bonds is 5. The number of anilines is 1. The lowest BCUT2D eigenvalue weighted by atomic mass is 9.97. The van der Waals surface area contributed by atoms with Gasteiger partial charge < -0.3 is 14.6 Å². The van der Waals surface area contributed by atoms with E-state index in [0.29, 0.717) is 5.92 Å². The van der Waals surface area contributed by atoms with Crippen LogP contribution in [-0.4, -0.2) is 37.7 Å². The van der Waals surface area contributed by atoms with Crippen LogP contribution in [0.5, 0.6) is 0 Å². The van der Waals surface area contributed by atoms with E-state index >= 15 is 0 Å². The molecule has 7 heteroatoms. The van der Waals surface area contributed by atoms with E-state index in [9.17, 15) is 5.11 Å². The summed E-state index contributed by atoms with van der Waals surface area (Å²) in [7, 11) is 0. The summed E-state index contributed by atoms with van der Waals surface area (Å²) in [6, 6.07) is 3.83. The van der Waals surface area contributed by atoms with Gasteiger partial charge in [0.1, 0.15) is 11.6 Å². The molecule has 0 aliphatic carbocycles. The van der Waals surface area contributed by atoms with Gasteiger partial charge in [0.15, 0.2) is 0 Å². The Bertz CT molecular complexity index is 817. The van der Waals surface area contributed by atoms with Crippen molar-refractivity contribution in [2.45, 2.75) is 31.9 Å². The molecule has 1 N–H and O–H groups in total. The number of aliphatic hydroxyl groups excluding tert-OH is 1. The minimum Gasteiger partial charge on any atom is -0.392 e. The summed E-state index contributed by atoms with van der Waals surface area (Å²) in [5.74, 6) is 2.44. The van der Waals surface area contributed by atoms with Gasteiger partial charge >= 0.3 is 0 Å². The molecule has 4 heterocycles. The Morgan fingerprint density at radius 1 is 1.24 bits per heavy atom. The molecule has 3 aromatic rings. The number of aliphatic hydroxyl groups is 1. The highest BCUT2D eigenvalue weighted by Gasteiger charge is 2.25. The third-order valence-corrected chi connectivity index (χ3v) is 5.30. The Kier molecular flexibility index (Phi) is 4.76. The van der Waals surface area contributed by atoms with Gasteiger partial charge in [-0.1, -0.05) is 0 Å². The Labute approximate surface area is 150 Å². The predicted octanol–water partition coefficient (Wildman–Crippen LogP) is 2.66. The summed E-state index contributed by atoms with van der Waals surface area (Å²) in [6.45, 7) is 2.71. The summed E-state index contributed by atoms with van der Waals surface area (Å²) >= 11 is 1.62. The highest BCUT2D eigenvalue weighted by atomic mass is 32.1. The smallest absolute Gasteiger partial charge is 0.128 e. The normalized spacial score (nSPS) is 17.8. The van der Waals surface area contributed by atoms with Crippen molar-refractivity contribution in [2.24, 2.45) is 0 Å². The van der Waals surface area contributed by atoms with E-state index in [0.717, 1.165) is 55.4 Å². The number of nitrogens with zero attached hydrogens (tertiary/aromatic N) is 5. The maximum Gasteiger partial charge on any atom is 0.128 e. The van der Waals surface area contributed by atoms with Crippen molar-refractivity contribution in [3.63, 3.8) is 0 Å². The average molecular weight is 355 g/mol. The van der Waals surface area contributed by atoms with Crippen molar-refractivity contribution >= 4 is 17.2 Å². The summed E-state index contributed by atoms with van der Waals surface area (Å²) in [5, 5.41) is 11.4. The zero-order valence-corrected chi connectivity index (χ0v) is 14.8. The Morgan fingerprint density at radius 2 is 2.20 bits per heavy atom. The van der Waals surface area contributed by atoms with Crippen LogP contribution in [0.1, 0.15) is 35.8 Å². The van der Waals surface area contributed by atoms with Crippen molar-refractivity contribution in [3.05, 3.63) is 58.7 Å². The van der Waals surface area contributed by atoms with Gasteiger partial charge in [-0.15, -0.1) is 11.3 Å². The van der Waals surface area contributed by atoms with Crippen LogP contribution in [0.2, 0.25) is 0 Å². The van der Waals surface area contributed by atoms with Gasteiger partial charge in [-0.2, -0.15) is 0 Å². The number of thiazole rings is 1. The van der Waals surface area contributed by atoms with Crippen LogP contribution < -0.4 is 4.90 Å². The van der Waals surface area contributed by atoms with Gasteiger partial charge in [0.05, 0.1) is 24.4 Å². The number of imidazole rings is 1. The van der Waals surface area contributed by atoms with Crippen LogP contribution in [-0.2, 0) is 13.2 Å². The van der Waals surface area contributed by atoms with Crippen LogP contribution in [0.15, 0.2) is 41.6 Å². The zero-order chi connectivity index (χ0) is 17.1. The fourth-order valence-corrected chi connectivity index (χ4v) is 3.98. The Hall–Kier alpha value is -2.25.